The van der Waals surface area contributed by atoms with Gasteiger partial charge in [-0.15, -0.1) is 0 Å². The third-order valence-electron chi connectivity index (χ3n) is 1.34. The first-order chi connectivity index (χ1) is 4.24. The third-order valence-corrected chi connectivity index (χ3v) is 1.34. The molecule has 54 valence electrons. The minimum Gasteiger partial charge on any atom is -0.394 e. The van der Waals surface area contributed by atoms with Crippen LogP contribution in [0.2, 0.25) is 0 Å². The highest BCUT2D eigenvalue weighted by Gasteiger charge is 2.33. The van der Waals surface area contributed by atoms with Gasteiger partial charge in [-0.05, 0) is 0 Å². The number of rotatable bonds is 1. The van der Waals surface area contributed by atoms with Crippen LogP contribution in [0, 0.1) is 0 Å². The van der Waals surface area contributed by atoms with E-state index in [-0.39, 0.29) is 13.0 Å². The van der Waals surface area contributed by atoms with Gasteiger partial charge in [0.1, 0.15) is 12.3 Å². The molecule has 0 spiro atoms. The van der Waals surface area contributed by atoms with Crippen LogP contribution in [0.5, 0.6) is 0 Å². The Bertz CT molecular complexity index is 98.2. The molecule has 1 aliphatic rings. The van der Waals surface area contributed by atoms with Gasteiger partial charge in [0.25, 0.3) is 0 Å². The summed E-state index contributed by atoms with van der Waals surface area (Å²) in [6, 6.07) is 0. The minimum atomic E-state index is -1.22. The summed E-state index contributed by atoms with van der Waals surface area (Å²) in [6.45, 7) is -0.363. The highest BCUT2D eigenvalue weighted by Crippen LogP contribution is 2.20. The van der Waals surface area contributed by atoms with Crippen LogP contribution >= 0.6 is 0 Å². The number of aliphatic hydroxyl groups is 2. The van der Waals surface area contributed by atoms with E-state index < -0.39 is 18.6 Å². The predicted molar refractivity (Wildman–Crippen MR) is 27.5 cm³/mol. The molecule has 2 N–H and O–H groups in total. The molecular weight excluding hydrogens is 127 g/mol. The topological polar surface area (TPSA) is 49.7 Å². The van der Waals surface area contributed by atoms with Gasteiger partial charge in [0.05, 0.1) is 6.61 Å². The lowest BCUT2D eigenvalue weighted by atomic mass is 10.2. The maximum Gasteiger partial charge on any atom is 0.158 e. The third kappa shape index (κ3) is 1.38. The van der Waals surface area contributed by atoms with Crippen LogP contribution in [0.4, 0.5) is 4.39 Å². The van der Waals surface area contributed by atoms with Gasteiger partial charge in [0.15, 0.2) is 6.29 Å². The van der Waals surface area contributed by atoms with E-state index in [1.807, 2.05) is 0 Å². The Morgan fingerprint density at radius 1 is 1.67 bits per heavy atom. The second-order valence-corrected chi connectivity index (χ2v) is 2.06. The summed E-state index contributed by atoms with van der Waals surface area (Å²) in [6.07, 6.45) is -3.09. The highest BCUT2D eigenvalue weighted by molar-refractivity contribution is 4.76. The first kappa shape index (κ1) is 6.92. The van der Waals surface area contributed by atoms with Crippen molar-refractivity contribution in [3.63, 3.8) is 0 Å². The van der Waals surface area contributed by atoms with Crippen LogP contribution in [0.15, 0.2) is 0 Å². The number of halogens is 1. The van der Waals surface area contributed by atoms with Crippen molar-refractivity contribution in [3.8, 4) is 0 Å². The molecule has 1 unspecified atom stereocenters. The predicted octanol–water partition coefficient (Wildman–Crippen LogP) is -0.576. The van der Waals surface area contributed by atoms with Crippen LogP contribution < -0.4 is 0 Å². The van der Waals surface area contributed by atoms with Crippen molar-refractivity contribution in [1.82, 2.24) is 0 Å². The number of ether oxygens (including phenoxy) is 1. The zero-order valence-electron chi connectivity index (χ0n) is 4.83. The monoisotopic (exact) mass is 136 g/mol. The second-order valence-electron chi connectivity index (χ2n) is 2.06. The highest BCUT2D eigenvalue weighted by atomic mass is 19.1. The van der Waals surface area contributed by atoms with Crippen LogP contribution in [0.3, 0.4) is 0 Å². The summed E-state index contributed by atoms with van der Waals surface area (Å²) in [5.74, 6) is 0. The van der Waals surface area contributed by atoms with Crippen molar-refractivity contribution >= 4 is 0 Å². The lowest BCUT2D eigenvalue weighted by Crippen LogP contribution is -2.21. The fourth-order valence-corrected chi connectivity index (χ4v) is 0.844. The van der Waals surface area contributed by atoms with Crippen molar-refractivity contribution in [3.05, 3.63) is 0 Å². The smallest absolute Gasteiger partial charge is 0.158 e. The molecule has 0 aromatic heterocycles. The zero-order valence-corrected chi connectivity index (χ0v) is 4.83. The van der Waals surface area contributed by atoms with Gasteiger partial charge in [-0.25, -0.2) is 4.39 Å². The molecule has 0 amide bonds. The maximum absolute atomic E-state index is 12.4. The molecular formula is C5H9FO3. The van der Waals surface area contributed by atoms with Crippen LogP contribution in [-0.2, 0) is 4.74 Å². The Kier molecular flexibility index (Phi) is 2.00. The standard InChI is InChI=1S/C5H9FO3/c6-3-1-5(8)9-4(3)2-7/h3-5,7-8H,1-2H2/t3-,4+,5?/m0/s1. The average molecular weight is 136 g/mol. The van der Waals surface area contributed by atoms with E-state index >= 15 is 0 Å². The Hall–Kier alpha value is -0.190. The van der Waals surface area contributed by atoms with Crippen molar-refractivity contribution in [1.29, 1.82) is 0 Å². The quantitative estimate of drug-likeness (QED) is 0.507. The molecule has 1 aliphatic heterocycles. The fourth-order valence-electron chi connectivity index (χ4n) is 0.844. The summed E-state index contributed by atoms with van der Waals surface area (Å²) in [5.41, 5.74) is 0. The molecule has 0 aliphatic carbocycles. The van der Waals surface area contributed by atoms with Crippen molar-refractivity contribution in [2.45, 2.75) is 25.0 Å². The van der Waals surface area contributed by atoms with Crippen molar-refractivity contribution in [2.75, 3.05) is 6.61 Å². The van der Waals surface area contributed by atoms with Crippen LogP contribution in [-0.4, -0.2) is 35.4 Å². The SMILES string of the molecule is OC[C@H]1OC(O)C[C@@H]1F. The van der Waals surface area contributed by atoms with E-state index in [9.17, 15) is 4.39 Å². The van der Waals surface area contributed by atoms with E-state index in [4.69, 9.17) is 10.2 Å². The molecule has 1 fully saturated rings. The summed E-state index contributed by atoms with van der Waals surface area (Å²) >= 11 is 0. The Morgan fingerprint density at radius 3 is 2.56 bits per heavy atom. The molecule has 0 aromatic carbocycles. The molecule has 3 nitrogen and oxygen atoms in total. The zero-order chi connectivity index (χ0) is 6.85. The summed E-state index contributed by atoms with van der Waals surface area (Å²) in [4.78, 5) is 0. The lowest BCUT2D eigenvalue weighted by molar-refractivity contribution is -0.104. The van der Waals surface area contributed by atoms with E-state index in [1.165, 1.54) is 0 Å². The van der Waals surface area contributed by atoms with Gasteiger partial charge in [0.2, 0.25) is 0 Å². The minimum absolute atomic E-state index is 0.0226. The van der Waals surface area contributed by atoms with Gasteiger partial charge >= 0.3 is 0 Å². The molecule has 0 radical (unpaired) electrons. The number of hydrogen-bond acceptors (Lipinski definition) is 3. The Morgan fingerprint density at radius 2 is 2.33 bits per heavy atom. The molecule has 0 bridgehead atoms. The summed E-state index contributed by atoms with van der Waals surface area (Å²) < 4.78 is 16.9. The Labute approximate surface area is 52.1 Å². The first-order valence-corrected chi connectivity index (χ1v) is 2.82. The van der Waals surface area contributed by atoms with Crippen molar-refractivity contribution < 1.29 is 19.3 Å². The molecule has 3 atom stereocenters. The van der Waals surface area contributed by atoms with Crippen LogP contribution in [0.25, 0.3) is 0 Å². The van der Waals surface area contributed by atoms with Gasteiger partial charge in [0, 0.05) is 6.42 Å². The van der Waals surface area contributed by atoms with Gasteiger partial charge in [-0.1, -0.05) is 0 Å². The van der Waals surface area contributed by atoms with Crippen LogP contribution in [0.1, 0.15) is 6.42 Å². The molecule has 4 heteroatoms. The number of alkyl halides is 1. The van der Waals surface area contributed by atoms with Gasteiger partial charge in [-0.3, -0.25) is 0 Å². The Balaban J connectivity index is 2.38. The van der Waals surface area contributed by atoms with Gasteiger partial charge < -0.3 is 14.9 Å². The van der Waals surface area contributed by atoms with E-state index in [2.05, 4.69) is 4.74 Å². The lowest BCUT2D eigenvalue weighted by Gasteiger charge is -2.06. The van der Waals surface area contributed by atoms with Gasteiger partial charge in [-0.2, -0.15) is 0 Å². The normalized spacial score (nSPS) is 43.7. The van der Waals surface area contributed by atoms with E-state index in [0.29, 0.717) is 0 Å². The molecule has 0 saturated carbocycles. The van der Waals surface area contributed by atoms with E-state index in [1.54, 1.807) is 0 Å². The number of hydrogen-bond donors (Lipinski definition) is 2. The second kappa shape index (κ2) is 2.60. The molecule has 9 heavy (non-hydrogen) atoms. The van der Waals surface area contributed by atoms with Crippen molar-refractivity contribution in [2.24, 2.45) is 0 Å². The molecule has 1 heterocycles. The average Bonchev–Trinajstić information content (AvgIpc) is 2.10. The summed E-state index contributed by atoms with van der Waals surface area (Å²) in [5, 5.41) is 17.0. The fraction of sp³-hybridized carbons (Fsp3) is 1.00. The van der Waals surface area contributed by atoms with E-state index in [0.717, 1.165) is 0 Å². The largest absolute Gasteiger partial charge is 0.394 e. The molecule has 1 saturated heterocycles. The first-order valence-electron chi connectivity index (χ1n) is 2.82. The maximum atomic E-state index is 12.4. The summed E-state index contributed by atoms with van der Waals surface area (Å²) in [7, 11) is 0. The molecule has 1 rings (SSSR count). The number of aliphatic hydroxyl groups excluding tert-OH is 2. The molecule has 0 aromatic rings.